The summed E-state index contributed by atoms with van der Waals surface area (Å²) in [6.07, 6.45) is 0. The molecule has 0 amide bonds. The Balaban J connectivity index is 0.880. The van der Waals surface area contributed by atoms with E-state index in [1.54, 1.807) is 0 Å². The predicted molar refractivity (Wildman–Crippen MR) is 352 cm³/mol. The van der Waals surface area contributed by atoms with E-state index >= 15 is 0 Å². The van der Waals surface area contributed by atoms with Gasteiger partial charge in [-0.2, -0.15) is 0 Å². The third kappa shape index (κ3) is 8.40. The molecule has 5 nitrogen and oxygen atoms in total. The van der Waals surface area contributed by atoms with Gasteiger partial charge in [0, 0.05) is 44.2 Å². The minimum absolute atomic E-state index is 0.668. The molecule has 0 spiro atoms. The quantitative estimate of drug-likeness (QED) is 0.144. The van der Waals surface area contributed by atoms with E-state index in [1.165, 1.54) is 32.3 Å². The number of ether oxygens (including phenoxy) is 2. The van der Waals surface area contributed by atoms with Gasteiger partial charge in [0.2, 0.25) is 0 Å². The lowest BCUT2D eigenvalue weighted by Gasteiger charge is -2.28. The van der Waals surface area contributed by atoms with Gasteiger partial charge in [0.15, 0.2) is 23.0 Å². The van der Waals surface area contributed by atoms with Crippen LogP contribution in [0, 0.1) is 0 Å². The zero-order valence-corrected chi connectivity index (χ0v) is 46.0. The highest BCUT2D eigenvalue weighted by atomic mass is 16.6. The molecular formula is C80H50N2O3. The molecule has 0 saturated carbocycles. The molecule has 0 atom stereocenters. The average molecular weight is 1090 g/mol. The Morgan fingerprint density at radius 2 is 0.718 bits per heavy atom. The van der Waals surface area contributed by atoms with Gasteiger partial charge in [-0.05, 0) is 187 Å². The zero-order valence-electron chi connectivity index (χ0n) is 46.0. The van der Waals surface area contributed by atoms with Gasteiger partial charge in [-0.1, -0.05) is 188 Å². The molecule has 1 aliphatic heterocycles. The van der Waals surface area contributed by atoms with E-state index in [0.29, 0.717) is 23.0 Å². The molecule has 0 bridgehead atoms. The standard InChI is InChI=1S/C80H50N2O3/c1-3-17-53-41-56(33-31-51(53)15-1)55-19-13-21-64(44-55)81(66-46-62(57-34-32-52-16-2-4-18-54(52)42-57)43-63(47-66)60-37-40-78-80(50-60)85-77-30-12-11-29-76(77)84-78)65-22-14-20-61(45-65)67-38-35-58(59-36-39-71-70-25-7-10-28-75(70)83-79(71)49-59)48-74(67)82-72-26-8-5-23-68(72)69-24-6-9-27-73(69)82/h1-50H. The van der Waals surface area contributed by atoms with Crippen molar-refractivity contribution in [2.75, 3.05) is 4.90 Å². The molecule has 398 valence electrons. The molecule has 0 fully saturated rings. The SMILES string of the molecule is c1cc(-c2ccc3ccccc3c2)cc(N(c2cc(-c3ccc4c(c3)Oc3ccccc3O4)cc(-c3ccc4ccccc4c3)c2)c2cccc(-c3ccc(-c4ccc5c(c4)oc4ccccc45)cc3-n3c4ccccc4c4ccccc43)c2)c1. The van der Waals surface area contributed by atoms with Crippen molar-refractivity contribution in [2.45, 2.75) is 0 Å². The molecule has 0 N–H and O–H groups in total. The normalized spacial score (nSPS) is 12.0. The summed E-state index contributed by atoms with van der Waals surface area (Å²) in [5.74, 6) is 2.74. The van der Waals surface area contributed by atoms with Crippen molar-refractivity contribution in [3.8, 4) is 84.3 Å². The lowest BCUT2D eigenvalue weighted by Crippen LogP contribution is -2.11. The van der Waals surface area contributed by atoms with Crippen LogP contribution in [-0.4, -0.2) is 4.57 Å². The summed E-state index contributed by atoms with van der Waals surface area (Å²) in [5.41, 5.74) is 18.9. The molecule has 0 radical (unpaired) electrons. The van der Waals surface area contributed by atoms with Crippen molar-refractivity contribution in [1.29, 1.82) is 0 Å². The van der Waals surface area contributed by atoms with Crippen molar-refractivity contribution >= 4 is 82.4 Å². The van der Waals surface area contributed by atoms with Crippen LogP contribution in [0.15, 0.2) is 308 Å². The summed E-state index contributed by atoms with van der Waals surface area (Å²) in [5, 5.41) is 9.41. The fourth-order valence-electron chi connectivity index (χ4n) is 12.8. The van der Waals surface area contributed by atoms with Crippen molar-refractivity contribution in [1.82, 2.24) is 4.57 Å². The number of hydrogen-bond donors (Lipinski definition) is 0. The first-order chi connectivity index (χ1) is 42.1. The third-order valence-corrected chi connectivity index (χ3v) is 17.0. The van der Waals surface area contributed by atoms with Crippen LogP contribution in [-0.2, 0) is 0 Å². The Labute approximate surface area is 490 Å². The summed E-state index contributed by atoms with van der Waals surface area (Å²) in [4.78, 5) is 2.42. The Kier molecular flexibility index (Phi) is 11.2. The lowest BCUT2D eigenvalue weighted by molar-refractivity contribution is 0.360. The third-order valence-electron chi connectivity index (χ3n) is 17.0. The number of furan rings is 1. The lowest BCUT2D eigenvalue weighted by atomic mass is 9.94. The second-order valence-corrected chi connectivity index (χ2v) is 22.1. The molecular weight excluding hydrogens is 1040 g/mol. The number of aromatic nitrogens is 1. The van der Waals surface area contributed by atoms with Crippen LogP contribution in [0.25, 0.3) is 127 Å². The van der Waals surface area contributed by atoms with Gasteiger partial charge < -0.3 is 23.4 Å². The number of anilines is 3. The van der Waals surface area contributed by atoms with Gasteiger partial charge in [-0.3, -0.25) is 0 Å². The Hall–Kier alpha value is -11.4. The first-order valence-electron chi connectivity index (χ1n) is 28.8. The second kappa shape index (κ2) is 19.7. The van der Waals surface area contributed by atoms with E-state index in [2.05, 4.69) is 270 Å². The maximum Gasteiger partial charge on any atom is 0.170 e. The average Bonchev–Trinajstić information content (AvgIpc) is 3.05. The van der Waals surface area contributed by atoms with Crippen LogP contribution < -0.4 is 14.4 Å². The van der Waals surface area contributed by atoms with Crippen LogP contribution in [0.2, 0.25) is 0 Å². The van der Waals surface area contributed by atoms with E-state index in [1.807, 2.05) is 42.5 Å². The van der Waals surface area contributed by atoms with Gasteiger partial charge in [0.1, 0.15) is 11.2 Å². The minimum atomic E-state index is 0.668. The van der Waals surface area contributed by atoms with E-state index in [9.17, 15) is 0 Å². The highest BCUT2D eigenvalue weighted by Crippen LogP contribution is 2.49. The molecule has 16 aromatic rings. The number of benzene rings is 14. The number of nitrogens with zero attached hydrogens (tertiary/aromatic N) is 2. The molecule has 2 aromatic heterocycles. The second-order valence-electron chi connectivity index (χ2n) is 22.1. The van der Waals surface area contributed by atoms with E-state index in [4.69, 9.17) is 13.9 Å². The van der Waals surface area contributed by atoms with Crippen LogP contribution in [0.4, 0.5) is 17.1 Å². The Morgan fingerprint density at radius 1 is 0.247 bits per heavy atom. The maximum absolute atomic E-state index is 6.56. The molecule has 0 unspecified atom stereocenters. The highest BCUT2D eigenvalue weighted by Gasteiger charge is 2.23. The first kappa shape index (κ1) is 48.3. The van der Waals surface area contributed by atoms with Gasteiger partial charge in [-0.15, -0.1) is 0 Å². The van der Waals surface area contributed by atoms with E-state index in [-0.39, 0.29) is 0 Å². The van der Waals surface area contributed by atoms with Crippen LogP contribution >= 0.6 is 0 Å². The van der Waals surface area contributed by atoms with Crippen molar-refractivity contribution in [3.63, 3.8) is 0 Å². The number of para-hydroxylation sites is 5. The van der Waals surface area contributed by atoms with Crippen molar-refractivity contribution in [2.24, 2.45) is 0 Å². The predicted octanol–water partition coefficient (Wildman–Crippen LogP) is 22.7. The number of fused-ring (bicyclic) bond motifs is 10. The van der Waals surface area contributed by atoms with Crippen molar-refractivity contribution in [3.05, 3.63) is 303 Å². The molecule has 3 heterocycles. The minimum Gasteiger partial charge on any atom is -0.456 e. The van der Waals surface area contributed by atoms with Crippen LogP contribution in [0.1, 0.15) is 0 Å². The first-order valence-corrected chi connectivity index (χ1v) is 28.8. The summed E-state index contributed by atoms with van der Waals surface area (Å²) in [6, 6.07) is 109. The molecule has 17 rings (SSSR count). The van der Waals surface area contributed by atoms with Crippen LogP contribution in [0.5, 0.6) is 23.0 Å². The Bertz CT molecular complexity index is 5300. The molecule has 85 heavy (non-hydrogen) atoms. The van der Waals surface area contributed by atoms with Gasteiger partial charge in [0.05, 0.1) is 16.7 Å². The van der Waals surface area contributed by atoms with Gasteiger partial charge in [-0.25, -0.2) is 0 Å². The molecule has 14 aromatic carbocycles. The largest absolute Gasteiger partial charge is 0.456 e. The highest BCUT2D eigenvalue weighted by molar-refractivity contribution is 6.10. The maximum atomic E-state index is 6.56. The van der Waals surface area contributed by atoms with Gasteiger partial charge >= 0.3 is 0 Å². The van der Waals surface area contributed by atoms with E-state index < -0.39 is 0 Å². The Morgan fingerprint density at radius 3 is 1.42 bits per heavy atom. The molecule has 0 saturated heterocycles. The van der Waals surface area contributed by atoms with Crippen molar-refractivity contribution < 1.29 is 13.9 Å². The van der Waals surface area contributed by atoms with E-state index in [0.717, 1.165) is 111 Å². The summed E-state index contributed by atoms with van der Waals surface area (Å²) in [7, 11) is 0. The smallest absolute Gasteiger partial charge is 0.170 e. The van der Waals surface area contributed by atoms with Crippen LogP contribution in [0.3, 0.4) is 0 Å². The number of rotatable bonds is 9. The zero-order chi connectivity index (χ0) is 56.0. The fraction of sp³-hybridized carbons (Fsp3) is 0. The summed E-state index contributed by atoms with van der Waals surface area (Å²) >= 11 is 0. The molecule has 0 aliphatic carbocycles. The topological polar surface area (TPSA) is 39.8 Å². The number of hydrogen-bond acceptors (Lipinski definition) is 4. The summed E-state index contributed by atoms with van der Waals surface area (Å²) < 4.78 is 21.9. The molecule has 5 heteroatoms. The monoisotopic (exact) mass is 1090 g/mol. The summed E-state index contributed by atoms with van der Waals surface area (Å²) in [6.45, 7) is 0. The van der Waals surface area contributed by atoms with Gasteiger partial charge in [0.25, 0.3) is 0 Å². The molecule has 1 aliphatic rings. The fourth-order valence-corrected chi connectivity index (χ4v) is 12.8.